The molecule has 0 aliphatic rings. The molecule has 0 spiro atoms. The molecule has 0 bridgehead atoms. The number of benzene rings is 2. The topological polar surface area (TPSA) is 117 Å². The third-order valence-corrected chi connectivity index (χ3v) is 4.53. The van der Waals surface area contributed by atoms with Crippen LogP contribution in [0.1, 0.15) is 22.6 Å². The maximum absolute atomic E-state index is 12.3. The molecule has 1 amide bonds. The van der Waals surface area contributed by atoms with E-state index in [1.807, 2.05) is 13.8 Å². The first-order valence-corrected chi connectivity index (χ1v) is 9.13. The summed E-state index contributed by atoms with van der Waals surface area (Å²) >= 11 is 0. The number of rotatable bonds is 8. The van der Waals surface area contributed by atoms with Gasteiger partial charge in [0.1, 0.15) is 29.6 Å². The second kappa shape index (κ2) is 9.08. The van der Waals surface area contributed by atoms with Crippen molar-refractivity contribution < 1.29 is 23.7 Å². The number of aryl methyl sites for hydroxylation is 2. The summed E-state index contributed by atoms with van der Waals surface area (Å²) in [6.07, 6.45) is 0.0628. The summed E-state index contributed by atoms with van der Waals surface area (Å²) in [5, 5.41) is 17.7. The van der Waals surface area contributed by atoms with Gasteiger partial charge in [-0.15, -0.1) is 0 Å². The predicted molar refractivity (Wildman–Crippen MR) is 109 cm³/mol. The molecule has 30 heavy (non-hydrogen) atoms. The summed E-state index contributed by atoms with van der Waals surface area (Å²) in [5.74, 6) is 1.33. The Morgan fingerprint density at radius 3 is 2.47 bits per heavy atom. The summed E-state index contributed by atoms with van der Waals surface area (Å²) in [7, 11) is 1.42. The van der Waals surface area contributed by atoms with E-state index >= 15 is 0 Å². The number of carbonyl (C=O) groups excluding carboxylic acids is 1. The number of carbonyl (C=O) groups is 1. The van der Waals surface area contributed by atoms with Crippen LogP contribution >= 0.6 is 0 Å². The third kappa shape index (κ3) is 4.93. The minimum absolute atomic E-state index is 0.0628. The zero-order valence-electron chi connectivity index (χ0n) is 16.8. The van der Waals surface area contributed by atoms with Crippen molar-refractivity contribution in [2.24, 2.45) is 0 Å². The van der Waals surface area contributed by atoms with Crippen LogP contribution in [0.4, 0.5) is 11.4 Å². The van der Waals surface area contributed by atoms with Crippen molar-refractivity contribution in [1.82, 2.24) is 5.16 Å². The number of hydrogen-bond acceptors (Lipinski definition) is 7. The molecule has 0 unspecified atom stereocenters. The van der Waals surface area contributed by atoms with Crippen molar-refractivity contribution in [2.75, 3.05) is 12.4 Å². The van der Waals surface area contributed by atoms with Gasteiger partial charge in [0, 0.05) is 0 Å². The number of hydrogen-bond donors (Lipinski definition) is 1. The van der Waals surface area contributed by atoms with Crippen LogP contribution in [0.3, 0.4) is 0 Å². The highest BCUT2D eigenvalue weighted by Gasteiger charge is 2.17. The number of nitrogens with one attached hydrogen (secondary N) is 1. The number of amides is 1. The van der Waals surface area contributed by atoms with E-state index in [9.17, 15) is 14.9 Å². The maximum atomic E-state index is 12.3. The monoisotopic (exact) mass is 411 g/mol. The normalized spacial score (nSPS) is 10.5. The fourth-order valence-electron chi connectivity index (χ4n) is 2.84. The number of nitro benzene ring substituents is 1. The fraction of sp³-hybridized carbons (Fsp3) is 0.238. The summed E-state index contributed by atoms with van der Waals surface area (Å²) in [6, 6.07) is 11.3. The highest BCUT2D eigenvalue weighted by molar-refractivity contribution is 5.94. The van der Waals surface area contributed by atoms with Gasteiger partial charge in [-0.3, -0.25) is 14.9 Å². The lowest BCUT2D eigenvalue weighted by atomic mass is 10.1. The van der Waals surface area contributed by atoms with E-state index in [4.69, 9.17) is 14.0 Å². The van der Waals surface area contributed by atoms with Gasteiger partial charge in [0.15, 0.2) is 0 Å². The summed E-state index contributed by atoms with van der Waals surface area (Å²) in [6.45, 7) is 4.01. The van der Waals surface area contributed by atoms with Crippen LogP contribution < -0.4 is 14.8 Å². The van der Waals surface area contributed by atoms with Crippen LogP contribution in [-0.4, -0.2) is 23.1 Å². The first-order chi connectivity index (χ1) is 14.4. The molecule has 0 atom stereocenters. The number of anilines is 1. The summed E-state index contributed by atoms with van der Waals surface area (Å²) < 4.78 is 15.8. The molecule has 3 aromatic rings. The van der Waals surface area contributed by atoms with Crippen LogP contribution in [0.25, 0.3) is 0 Å². The molecule has 3 rings (SSSR count). The van der Waals surface area contributed by atoms with E-state index < -0.39 is 4.92 Å². The molecule has 0 saturated carbocycles. The lowest BCUT2D eigenvalue weighted by Gasteiger charge is -2.09. The Kier molecular flexibility index (Phi) is 6.31. The van der Waals surface area contributed by atoms with Crippen LogP contribution in [0.5, 0.6) is 11.5 Å². The molecule has 0 saturated heterocycles. The van der Waals surface area contributed by atoms with Gasteiger partial charge >= 0.3 is 0 Å². The van der Waals surface area contributed by atoms with Crippen molar-refractivity contribution in [2.45, 2.75) is 26.9 Å². The van der Waals surface area contributed by atoms with Crippen molar-refractivity contribution in [3.63, 3.8) is 0 Å². The number of methoxy groups -OCH3 is 1. The van der Waals surface area contributed by atoms with Crippen LogP contribution in [0.2, 0.25) is 0 Å². The molecule has 0 radical (unpaired) electrons. The van der Waals surface area contributed by atoms with Gasteiger partial charge in [0.05, 0.1) is 35.8 Å². The quantitative estimate of drug-likeness (QED) is 0.440. The zero-order chi connectivity index (χ0) is 21.7. The Morgan fingerprint density at radius 1 is 1.17 bits per heavy atom. The first kappa shape index (κ1) is 20.8. The summed E-state index contributed by atoms with van der Waals surface area (Å²) in [4.78, 5) is 23.0. The van der Waals surface area contributed by atoms with Gasteiger partial charge < -0.3 is 19.3 Å². The first-order valence-electron chi connectivity index (χ1n) is 9.13. The lowest BCUT2D eigenvalue weighted by molar-refractivity contribution is -0.384. The second-order valence-corrected chi connectivity index (χ2v) is 6.60. The van der Waals surface area contributed by atoms with E-state index in [-0.39, 0.29) is 23.7 Å². The van der Waals surface area contributed by atoms with Gasteiger partial charge in [-0.1, -0.05) is 17.3 Å². The van der Waals surface area contributed by atoms with Gasteiger partial charge in [-0.25, -0.2) is 0 Å². The molecule has 0 fully saturated rings. The van der Waals surface area contributed by atoms with E-state index in [1.54, 1.807) is 30.3 Å². The van der Waals surface area contributed by atoms with Crippen molar-refractivity contribution in [1.29, 1.82) is 0 Å². The molecule has 9 heteroatoms. The second-order valence-electron chi connectivity index (χ2n) is 6.60. The SMILES string of the molecule is COc1ccc(NC(=O)Cc2ccc(OCc3c(C)noc3C)cc2)c([N+](=O)[O-])c1. The van der Waals surface area contributed by atoms with Crippen molar-refractivity contribution >= 4 is 17.3 Å². The average Bonchev–Trinajstić information content (AvgIpc) is 3.05. The van der Waals surface area contributed by atoms with Crippen LogP contribution in [-0.2, 0) is 17.8 Å². The minimum atomic E-state index is -0.566. The molecule has 0 aliphatic carbocycles. The van der Waals surface area contributed by atoms with Crippen LogP contribution in [0.15, 0.2) is 47.0 Å². The Balaban J connectivity index is 1.60. The van der Waals surface area contributed by atoms with E-state index in [0.29, 0.717) is 23.9 Å². The van der Waals surface area contributed by atoms with Gasteiger partial charge in [0.25, 0.3) is 5.69 Å². The molecule has 156 valence electrons. The summed E-state index contributed by atoms with van der Waals surface area (Å²) in [5.41, 5.74) is 2.32. The Hall–Kier alpha value is -3.88. The Labute approximate surface area is 172 Å². The largest absolute Gasteiger partial charge is 0.496 e. The molecule has 0 aliphatic heterocycles. The van der Waals surface area contributed by atoms with E-state index in [2.05, 4.69) is 10.5 Å². The highest BCUT2D eigenvalue weighted by Crippen LogP contribution is 2.29. The molecule has 1 aromatic heterocycles. The minimum Gasteiger partial charge on any atom is -0.496 e. The van der Waals surface area contributed by atoms with Gasteiger partial charge in [0.2, 0.25) is 5.91 Å². The smallest absolute Gasteiger partial charge is 0.296 e. The maximum Gasteiger partial charge on any atom is 0.296 e. The molecular weight excluding hydrogens is 390 g/mol. The molecule has 9 nitrogen and oxygen atoms in total. The van der Waals surface area contributed by atoms with Gasteiger partial charge in [-0.05, 0) is 43.7 Å². The predicted octanol–water partition coefficient (Wildman–Crippen LogP) is 3.97. The number of aromatic nitrogens is 1. The number of nitrogens with zero attached hydrogens (tertiary/aromatic N) is 2. The molecule has 1 N–H and O–H groups in total. The molecular formula is C21H21N3O6. The van der Waals surface area contributed by atoms with Crippen LogP contribution in [0, 0.1) is 24.0 Å². The molecule has 1 heterocycles. The van der Waals surface area contributed by atoms with Crippen molar-refractivity contribution in [3.8, 4) is 11.5 Å². The fourth-order valence-corrected chi connectivity index (χ4v) is 2.84. The van der Waals surface area contributed by atoms with E-state index in [0.717, 1.165) is 16.8 Å². The third-order valence-electron chi connectivity index (χ3n) is 4.53. The Bertz CT molecular complexity index is 1040. The average molecular weight is 411 g/mol. The van der Waals surface area contributed by atoms with Crippen molar-refractivity contribution in [3.05, 3.63) is 75.2 Å². The Morgan fingerprint density at radius 2 is 1.87 bits per heavy atom. The number of ether oxygens (including phenoxy) is 2. The molecule has 2 aromatic carbocycles. The standard InChI is InChI=1S/C21H21N3O6/c1-13-18(14(2)30-23-13)12-29-16-6-4-15(5-7-16)10-21(25)22-19-9-8-17(28-3)11-20(19)24(26)27/h4-9,11H,10,12H2,1-3H3,(H,22,25). The lowest BCUT2D eigenvalue weighted by Crippen LogP contribution is -2.15. The van der Waals surface area contributed by atoms with E-state index in [1.165, 1.54) is 19.2 Å². The highest BCUT2D eigenvalue weighted by atomic mass is 16.6. The zero-order valence-corrected chi connectivity index (χ0v) is 16.8. The van der Waals surface area contributed by atoms with Gasteiger partial charge in [-0.2, -0.15) is 0 Å². The number of nitro groups is 1.